The first-order valence-electron chi connectivity index (χ1n) is 11.7. The van der Waals surface area contributed by atoms with Gasteiger partial charge >= 0.3 is 6.09 Å². The zero-order chi connectivity index (χ0) is 24.2. The van der Waals surface area contributed by atoms with E-state index in [1.165, 1.54) is 4.90 Å². The lowest BCUT2D eigenvalue weighted by Crippen LogP contribution is -2.46. The Morgan fingerprint density at radius 3 is 2.62 bits per heavy atom. The number of anilines is 1. The molecule has 2 atom stereocenters. The fourth-order valence-electron chi connectivity index (χ4n) is 4.09. The molecule has 0 radical (unpaired) electrons. The monoisotopic (exact) mass is 483 g/mol. The van der Waals surface area contributed by atoms with E-state index in [0.29, 0.717) is 35.2 Å². The summed E-state index contributed by atoms with van der Waals surface area (Å²) in [5.74, 6) is 0.399. The minimum absolute atomic E-state index is 0.0862. The Morgan fingerprint density at radius 2 is 1.91 bits per heavy atom. The number of carbonyl (C=O) groups is 3. The van der Waals surface area contributed by atoms with Crippen LogP contribution < -0.4 is 10.6 Å². The first-order valence-corrected chi connectivity index (χ1v) is 12.1. The number of hydrogen-bond acceptors (Lipinski definition) is 4. The van der Waals surface area contributed by atoms with Crippen LogP contribution in [0.25, 0.3) is 0 Å². The van der Waals surface area contributed by atoms with Crippen molar-refractivity contribution in [3.63, 3.8) is 0 Å². The van der Waals surface area contributed by atoms with E-state index in [9.17, 15) is 14.4 Å². The standard InChI is InChI=1S/C26H30ClN3O4/c1-16(2)11-22(31)29-21-8-4-6-19(13-21)24-23(25(32)28-14-17-9-10-17)30(26(33)34-24)15-18-5-3-7-20(27)12-18/h3-8,12-13,16-17,23-24H,9-11,14-15H2,1-2H3,(H,28,32)(H,29,31). The molecule has 8 heteroatoms. The molecule has 1 heterocycles. The van der Waals surface area contributed by atoms with Gasteiger partial charge in [-0.25, -0.2) is 4.79 Å². The van der Waals surface area contributed by atoms with Crippen LogP contribution in [-0.4, -0.2) is 35.4 Å². The Hall–Kier alpha value is -3.06. The Labute approximate surface area is 204 Å². The Kier molecular flexibility index (Phi) is 7.41. The third-order valence-corrected chi connectivity index (χ3v) is 6.18. The zero-order valence-corrected chi connectivity index (χ0v) is 20.2. The minimum Gasteiger partial charge on any atom is -0.438 e. The maximum absolute atomic E-state index is 13.3. The van der Waals surface area contributed by atoms with E-state index in [2.05, 4.69) is 10.6 Å². The molecule has 0 spiro atoms. The van der Waals surface area contributed by atoms with E-state index in [1.807, 2.05) is 26.0 Å². The molecule has 1 saturated carbocycles. The molecule has 1 saturated heterocycles. The van der Waals surface area contributed by atoms with Crippen LogP contribution in [0.1, 0.15) is 50.3 Å². The van der Waals surface area contributed by atoms with Gasteiger partial charge in [0.1, 0.15) is 0 Å². The van der Waals surface area contributed by atoms with E-state index in [4.69, 9.17) is 16.3 Å². The molecule has 0 aromatic heterocycles. The maximum atomic E-state index is 13.3. The van der Waals surface area contributed by atoms with Crippen LogP contribution >= 0.6 is 11.6 Å². The summed E-state index contributed by atoms with van der Waals surface area (Å²) in [7, 11) is 0. The first-order chi connectivity index (χ1) is 16.3. The lowest BCUT2D eigenvalue weighted by molar-refractivity contribution is -0.126. The quantitative estimate of drug-likeness (QED) is 0.530. The topological polar surface area (TPSA) is 87.7 Å². The highest BCUT2D eigenvalue weighted by molar-refractivity contribution is 6.30. The Balaban J connectivity index is 1.58. The number of rotatable bonds is 9. The molecule has 0 bridgehead atoms. The molecular formula is C26H30ClN3O4. The van der Waals surface area contributed by atoms with Gasteiger partial charge in [-0.15, -0.1) is 0 Å². The smallest absolute Gasteiger partial charge is 0.411 e. The van der Waals surface area contributed by atoms with Crippen molar-refractivity contribution < 1.29 is 19.1 Å². The van der Waals surface area contributed by atoms with Crippen LogP contribution in [0.15, 0.2) is 48.5 Å². The third kappa shape index (κ3) is 6.08. The van der Waals surface area contributed by atoms with Gasteiger partial charge in [0.2, 0.25) is 11.8 Å². The molecule has 2 fully saturated rings. The summed E-state index contributed by atoms with van der Waals surface area (Å²) >= 11 is 6.12. The number of nitrogens with one attached hydrogen (secondary N) is 2. The van der Waals surface area contributed by atoms with Crippen molar-refractivity contribution in [1.29, 1.82) is 0 Å². The molecule has 180 valence electrons. The third-order valence-electron chi connectivity index (χ3n) is 5.95. The van der Waals surface area contributed by atoms with Crippen molar-refractivity contribution in [2.24, 2.45) is 11.8 Å². The van der Waals surface area contributed by atoms with Crippen LogP contribution in [0.3, 0.4) is 0 Å². The highest BCUT2D eigenvalue weighted by Crippen LogP contribution is 2.35. The molecule has 2 aromatic carbocycles. The number of hydrogen-bond donors (Lipinski definition) is 2. The zero-order valence-electron chi connectivity index (χ0n) is 19.4. The number of carbonyl (C=O) groups excluding carboxylic acids is 3. The first kappa shape index (κ1) is 24.1. The van der Waals surface area contributed by atoms with Crippen molar-refractivity contribution in [3.05, 3.63) is 64.7 Å². The maximum Gasteiger partial charge on any atom is 0.411 e. The van der Waals surface area contributed by atoms with Gasteiger partial charge in [-0.3, -0.25) is 14.5 Å². The molecule has 1 aliphatic heterocycles. The molecule has 2 aromatic rings. The van der Waals surface area contributed by atoms with E-state index in [-0.39, 0.29) is 24.3 Å². The minimum atomic E-state index is -0.841. The van der Waals surface area contributed by atoms with E-state index in [0.717, 1.165) is 18.4 Å². The summed E-state index contributed by atoms with van der Waals surface area (Å²) in [6, 6.07) is 13.5. The van der Waals surface area contributed by atoms with Crippen molar-refractivity contribution >= 4 is 35.2 Å². The van der Waals surface area contributed by atoms with Crippen LogP contribution in [0.4, 0.5) is 10.5 Å². The van der Waals surface area contributed by atoms with Crippen molar-refractivity contribution in [3.8, 4) is 0 Å². The van der Waals surface area contributed by atoms with Gasteiger partial charge in [-0.1, -0.05) is 49.7 Å². The second-order valence-electron chi connectivity index (χ2n) is 9.47. The normalized spacial score (nSPS) is 19.8. The summed E-state index contributed by atoms with van der Waals surface area (Å²) in [5.41, 5.74) is 2.06. The molecule has 3 amide bonds. The summed E-state index contributed by atoms with van der Waals surface area (Å²) in [5, 5.41) is 6.44. The van der Waals surface area contributed by atoms with Gasteiger partial charge in [0.15, 0.2) is 12.1 Å². The summed E-state index contributed by atoms with van der Waals surface area (Å²) < 4.78 is 5.72. The summed E-state index contributed by atoms with van der Waals surface area (Å²) in [6.07, 6.45) is 1.25. The van der Waals surface area contributed by atoms with Gasteiger partial charge in [0, 0.05) is 23.7 Å². The number of halogens is 1. The number of nitrogens with zero attached hydrogens (tertiary/aromatic N) is 1. The highest BCUT2D eigenvalue weighted by atomic mass is 35.5. The van der Waals surface area contributed by atoms with Crippen LogP contribution in [0, 0.1) is 11.8 Å². The SMILES string of the molecule is CC(C)CC(=O)Nc1cccc(C2OC(=O)N(Cc3cccc(Cl)c3)C2C(=O)NCC2CC2)c1. The van der Waals surface area contributed by atoms with Gasteiger partial charge in [-0.2, -0.15) is 0 Å². The van der Waals surface area contributed by atoms with E-state index >= 15 is 0 Å². The fourth-order valence-corrected chi connectivity index (χ4v) is 4.30. The highest BCUT2D eigenvalue weighted by Gasteiger charge is 2.47. The molecular weight excluding hydrogens is 454 g/mol. The van der Waals surface area contributed by atoms with Gasteiger partial charge < -0.3 is 15.4 Å². The average Bonchev–Trinajstić information content (AvgIpc) is 3.55. The Bertz CT molecular complexity index is 1070. The molecule has 34 heavy (non-hydrogen) atoms. The van der Waals surface area contributed by atoms with Gasteiger partial charge in [-0.05, 0) is 60.1 Å². The molecule has 2 aliphatic rings. The summed E-state index contributed by atoms with van der Waals surface area (Å²) in [6.45, 7) is 4.75. The molecule has 2 N–H and O–H groups in total. The number of cyclic esters (lactones) is 1. The van der Waals surface area contributed by atoms with Gasteiger partial charge in [0.05, 0.1) is 6.54 Å². The Morgan fingerprint density at radius 1 is 1.15 bits per heavy atom. The van der Waals surface area contributed by atoms with Crippen molar-refractivity contribution in [2.75, 3.05) is 11.9 Å². The largest absolute Gasteiger partial charge is 0.438 e. The van der Waals surface area contributed by atoms with E-state index in [1.54, 1.807) is 36.4 Å². The van der Waals surface area contributed by atoms with Crippen molar-refractivity contribution in [2.45, 2.75) is 51.8 Å². The lowest BCUT2D eigenvalue weighted by Gasteiger charge is -2.24. The summed E-state index contributed by atoms with van der Waals surface area (Å²) in [4.78, 5) is 39.9. The molecule has 1 aliphatic carbocycles. The van der Waals surface area contributed by atoms with Crippen LogP contribution in [-0.2, 0) is 20.9 Å². The second kappa shape index (κ2) is 10.5. The van der Waals surface area contributed by atoms with Crippen molar-refractivity contribution in [1.82, 2.24) is 10.2 Å². The fraction of sp³-hybridized carbons (Fsp3) is 0.423. The van der Waals surface area contributed by atoms with Crippen LogP contribution in [0.2, 0.25) is 5.02 Å². The predicted molar refractivity (Wildman–Crippen MR) is 130 cm³/mol. The number of benzene rings is 2. The van der Waals surface area contributed by atoms with Crippen LogP contribution in [0.5, 0.6) is 0 Å². The lowest BCUT2D eigenvalue weighted by atomic mass is 10.00. The number of ether oxygens (including phenoxy) is 1. The molecule has 7 nitrogen and oxygen atoms in total. The molecule has 4 rings (SSSR count). The number of amides is 3. The van der Waals surface area contributed by atoms with E-state index < -0.39 is 18.2 Å². The average molecular weight is 484 g/mol. The van der Waals surface area contributed by atoms with Gasteiger partial charge in [0.25, 0.3) is 0 Å². The molecule has 2 unspecified atom stereocenters. The second-order valence-corrected chi connectivity index (χ2v) is 9.90. The predicted octanol–water partition coefficient (Wildman–Crippen LogP) is 4.91.